The molecular formula is C22H16N4O5S2. The fourth-order valence-corrected chi connectivity index (χ4v) is 4.77. The normalized spacial score (nSPS) is 14.7. The van der Waals surface area contributed by atoms with Crippen LogP contribution in [0.15, 0.2) is 65.7 Å². The Bertz CT molecular complexity index is 1270. The van der Waals surface area contributed by atoms with Gasteiger partial charge in [-0.2, -0.15) is 0 Å². The van der Waals surface area contributed by atoms with E-state index in [1.54, 1.807) is 24.4 Å². The number of benzene rings is 2. The number of nitrogens with zero attached hydrogens (tertiary/aromatic N) is 3. The summed E-state index contributed by atoms with van der Waals surface area (Å²) in [6.07, 6.45) is 3.61. The Morgan fingerprint density at radius 2 is 1.94 bits per heavy atom. The van der Waals surface area contributed by atoms with Gasteiger partial charge in [0.1, 0.15) is 6.54 Å². The van der Waals surface area contributed by atoms with Crippen LogP contribution in [0.5, 0.6) is 0 Å². The summed E-state index contributed by atoms with van der Waals surface area (Å²) in [4.78, 5) is 53.8. The van der Waals surface area contributed by atoms with Crippen molar-refractivity contribution in [2.75, 3.05) is 11.9 Å². The second kappa shape index (κ2) is 9.76. The van der Waals surface area contributed by atoms with E-state index >= 15 is 0 Å². The SMILES string of the molecule is O=C(CN1C(=O)S/C(=C\c2ccccc2)C1=O)Nc1ncc(Cc2cccc([N+](=O)[O-])c2)s1. The fraction of sp³-hybridized carbons (Fsp3) is 0.0909. The minimum absolute atomic E-state index is 0.00374. The number of nitrogens with one attached hydrogen (secondary N) is 1. The average Bonchev–Trinajstić information content (AvgIpc) is 3.33. The molecule has 33 heavy (non-hydrogen) atoms. The first-order chi connectivity index (χ1) is 15.9. The monoisotopic (exact) mass is 480 g/mol. The third-order valence-corrected chi connectivity index (χ3v) is 6.39. The van der Waals surface area contributed by atoms with Gasteiger partial charge in [0.2, 0.25) is 5.91 Å². The van der Waals surface area contributed by atoms with Crippen LogP contribution in [-0.2, 0) is 16.0 Å². The lowest BCUT2D eigenvalue weighted by Crippen LogP contribution is -2.36. The first-order valence-electron chi connectivity index (χ1n) is 9.67. The Morgan fingerprint density at radius 3 is 2.70 bits per heavy atom. The van der Waals surface area contributed by atoms with Crippen molar-refractivity contribution in [2.45, 2.75) is 6.42 Å². The molecule has 0 atom stereocenters. The Labute approximate surface area is 196 Å². The van der Waals surface area contributed by atoms with E-state index < -0.39 is 28.5 Å². The van der Waals surface area contributed by atoms with Gasteiger partial charge in [-0.1, -0.05) is 42.5 Å². The number of amides is 3. The minimum atomic E-state index is -0.547. The van der Waals surface area contributed by atoms with Crippen LogP contribution in [0.3, 0.4) is 0 Å². The zero-order chi connectivity index (χ0) is 23.4. The van der Waals surface area contributed by atoms with E-state index in [2.05, 4.69) is 10.3 Å². The maximum Gasteiger partial charge on any atom is 0.294 e. The van der Waals surface area contributed by atoms with Gasteiger partial charge in [0, 0.05) is 29.6 Å². The van der Waals surface area contributed by atoms with Gasteiger partial charge >= 0.3 is 0 Å². The number of anilines is 1. The van der Waals surface area contributed by atoms with Gasteiger partial charge in [-0.05, 0) is 29.0 Å². The van der Waals surface area contributed by atoms with E-state index in [9.17, 15) is 24.5 Å². The zero-order valence-electron chi connectivity index (χ0n) is 17.0. The number of nitro benzene ring substituents is 1. The van der Waals surface area contributed by atoms with E-state index in [1.165, 1.54) is 23.5 Å². The topological polar surface area (TPSA) is 123 Å². The van der Waals surface area contributed by atoms with Crippen LogP contribution in [-0.4, -0.2) is 38.4 Å². The van der Waals surface area contributed by atoms with E-state index in [1.807, 2.05) is 30.3 Å². The summed E-state index contributed by atoms with van der Waals surface area (Å²) in [6.45, 7) is -0.420. The Morgan fingerprint density at radius 1 is 1.15 bits per heavy atom. The molecule has 0 radical (unpaired) electrons. The Hall–Kier alpha value is -3.83. The third kappa shape index (κ3) is 5.51. The molecule has 3 aromatic rings. The van der Waals surface area contributed by atoms with E-state index in [4.69, 9.17) is 0 Å². The molecule has 0 unspecified atom stereocenters. The Balaban J connectivity index is 1.36. The molecule has 3 amide bonds. The summed E-state index contributed by atoms with van der Waals surface area (Å²) < 4.78 is 0. The van der Waals surface area contributed by atoms with Crippen LogP contribution < -0.4 is 5.32 Å². The lowest BCUT2D eigenvalue weighted by molar-refractivity contribution is -0.384. The molecule has 1 fully saturated rings. The molecule has 0 spiro atoms. The Kier molecular flexibility index (Phi) is 6.61. The van der Waals surface area contributed by atoms with Gasteiger partial charge < -0.3 is 5.32 Å². The summed E-state index contributed by atoms with van der Waals surface area (Å²) in [5, 5.41) is 13.3. The van der Waals surface area contributed by atoms with Gasteiger partial charge in [-0.25, -0.2) is 4.98 Å². The molecule has 9 nitrogen and oxygen atoms in total. The molecular weight excluding hydrogens is 464 g/mol. The van der Waals surface area contributed by atoms with E-state index in [-0.39, 0.29) is 10.6 Å². The van der Waals surface area contributed by atoms with Crippen molar-refractivity contribution in [3.8, 4) is 0 Å². The van der Waals surface area contributed by atoms with E-state index in [0.717, 1.165) is 32.7 Å². The van der Waals surface area contributed by atoms with Crippen molar-refractivity contribution in [3.05, 3.63) is 91.8 Å². The zero-order valence-corrected chi connectivity index (χ0v) is 18.6. The molecule has 1 aliphatic heterocycles. The molecule has 1 N–H and O–H groups in total. The lowest BCUT2D eigenvalue weighted by Gasteiger charge is -2.11. The molecule has 2 heterocycles. The number of imide groups is 1. The first kappa shape index (κ1) is 22.4. The molecule has 0 bridgehead atoms. The highest BCUT2D eigenvalue weighted by molar-refractivity contribution is 8.18. The van der Waals surface area contributed by atoms with Crippen LogP contribution >= 0.6 is 23.1 Å². The number of carbonyl (C=O) groups excluding carboxylic acids is 3. The van der Waals surface area contributed by atoms with Crippen LogP contribution in [0.2, 0.25) is 0 Å². The van der Waals surface area contributed by atoms with Crippen molar-refractivity contribution >= 4 is 57.0 Å². The summed E-state index contributed by atoms with van der Waals surface area (Å²) >= 11 is 2.01. The summed E-state index contributed by atoms with van der Waals surface area (Å²) in [6, 6.07) is 15.4. The van der Waals surface area contributed by atoms with Crippen LogP contribution in [0.4, 0.5) is 15.6 Å². The quantitative estimate of drug-likeness (QED) is 0.304. The molecule has 2 aromatic carbocycles. The van der Waals surface area contributed by atoms with Crippen molar-refractivity contribution in [1.29, 1.82) is 0 Å². The molecule has 0 aliphatic carbocycles. The van der Waals surface area contributed by atoms with Crippen LogP contribution in [0.1, 0.15) is 16.0 Å². The number of thioether (sulfide) groups is 1. The first-order valence-corrected chi connectivity index (χ1v) is 11.3. The number of hydrogen-bond acceptors (Lipinski definition) is 8. The van der Waals surface area contributed by atoms with Crippen molar-refractivity contribution in [1.82, 2.24) is 9.88 Å². The molecule has 1 saturated heterocycles. The maximum atomic E-state index is 12.6. The predicted octanol–water partition coefficient (Wildman–Crippen LogP) is 4.32. The number of thiazole rings is 1. The predicted molar refractivity (Wildman–Crippen MR) is 126 cm³/mol. The van der Waals surface area contributed by atoms with Crippen molar-refractivity contribution in [2.24, 2.45) is 0 Å². The number of hydrogen-bond donors (Lipinski definition) is 1. The van der Waals surface area contributed by atoms with E-state index in [0.29, 0.717) is 11.6 Å². The number of nitro groups is 1. The van der Waals surface area contributed by atoms with Gasteiger partial charge in [0.25, 0.3) is 16.8 Å². The lowest BCUT2D eigenvalue weighted by atomic mass is 10.1. The standard InChI is InChI=1S/C22H16N4O5S2/c27-19(13-25-20(28)18(33-22(25)29)11-14-5-2-1-3-6-14)24-21-23-12-17(32-21)10-15-7-4-8-16(9-15)26(30)31/h1-9,11-12H,10,13H2,(H,23,24,27)/b18-11-. The largest absolute Gasteiger partial charge is 0.300 e. The van der Waals surface area contributed by atoms with Crippen LogP contribution in [0.25, 0.3) is 6.08 Å². The van der Waals surface area contributed by atoms with Crippen LogP contribution in [0, 0.1) is 10.1 Å². The third-order valence-electron chi connectivity index (χ3n) is 4.57. The van der Waals surface area contributed by atoms with Gasteiger partial charge in [-0.15, -0.1) is 11.3 Å². The number of aromatic nitrogens is 1. The van der Waals surface area contributed by atoms with Crippen molar-refractivity contribution < 1.29 is 19.3 Å². The van der Waals surface area contributed by atoms with Gasteiger partial charge in [0.05, 0.1) is 9.83 Å². The number of rotatable bonds is 7. The minimum Gasteiger partial charge on any atom is -0.300 e. The van der Waals surface area contributed by atoms with Crippen molar-refractivity contribution in [3.63, 3.8) is 0 Å². The maximum absolute atomic E-state index is 12.6. The molecule has 1 aromatic heterocycles. The second-order valence-electron chi connectivity index (χ2n) is 6.96. The smallest absolute Gasteiger partial charge is 0.294 e. The second-order valence-corrected chi connectivity index (χ2v) is 9.07. The highest BCUT2D eigenvalue weighted by Gasteiger charge is 2.36. The molecule has 1 aliphatic rings. The number of carbonyl (C=O) groups is 3. The van der Waals surface area contributed by atoms with Gasteiger partial charge in [-0.3, -0.25) is 29.4 Å². The fourth-order valence-electron chi connectivity index (χ4n) is 3.07. The summed E-state index contributed by atoms with van der Waals surface area (Å²) in [7, 11) is 0. The number of non-ortho nitro benzene ring substituents is 1. The highest BCUT2D eigenvalue weighted by atomic mass is 32.2. The summed E-state index contributed by atoms with van der Waals surface area (Å²) in [5.74, 6) is -1.07. The average molecular weight is 481 g/mol. The molecule has 4 rings (SSSR count). The molecule has 0 saturated carbocycles. The van der Waals surface area contributed by atoms with Gasteiger partial charge in [0.15, 0.2) is 5.13 Å². The molecule has 166 valence electrons. The highest BCUT2D eigenvalue weighted by Crippen LogP contribution is 2.32. The summed E-state index contributed by atoms with van der Waals surface area (Å²) in [5.41, 5.74) is 1.53. The molecule has 11 heteroatoms.